The summed E-state index contributed by atoms with van der Waals surface area (Å²) in [6, 6.07) is 1.73. The topological polar surface area (TPSA) is 96.1 Å². The molecule has 0 aliphatic rings. The number of rotatable bonds is 7. The Labute approximate surface area is 108 Å². The third kappa shape index (κ3) is 4.46. The van der Waals surface area contributed by atoms with Gasteiger partial charge in [-0.25, -0.2) is 15.8 Å². The minimum Gasteiger partial charge on any atom is -0.391 e. The van der Waals surface area contributed by atoms with Crippen molar-refractivity contribution in [2.24, 2.45) is 11.8 Å². The molecule has 6 nitrogen and oxygen atoms in total. The molecule has 0 saturated heterocycles. The van der Waals surface area contributed by atoms with E-state index in [1.807, 2.05) is 13.8 Å². The van der Waals surface area contributed by atoms with Crippen molar-refractivity contribution < 1.29 is 5.11 Å². The Balaban J connectivity index is 2.71. The van der Waals surface area contributed by atoms with Crippen molar-refractivity contribution in [2.75, 3.05) is 17.3 Å². The van der Waals surface area contributed by atoms with Crippen LogP contribution in [0.2, 0.25) is 0 Å². The second-order valence-electron chi connectivity index (χ2n) is 4.64. The summed E-state index contributed by atoms with van der Waals surface area (Å²) >= 11 is 0. The number of aryl methyl sites for hydroxylation is 1. The molecule has 1 rings (SSSR count). The van der Waals surface area contributed by atoms with E-state index in [1.165, 1.54) is 0 Å². The van der Waals surface area contributed by atoms with Crippen molar-refractivity contribution >= 4 is 11.6 Å². The fourth-order valence-corrected chi connectivity index (χ4v) is 1.44. The minimum atomic E-state index is -0.399. The maximum absolute atomic E-state index is 9.74. The lowest BCUT2D eigenvalue weighted by Crippen LogP contribution is -2.25. The van der Waals surface area contributed by atoms with Crippen LogP contribution in [0.15, 0.2) is 6.07 Å². The molecule has 0 saturated carbocycles. The first-order valence-corrected chi connectivity index (χ1v) is 6.33. The number of aliphatic hydroxyl groups excluding tert-OH is 1. The van der Waals surface area contributed by atoms with Gasteiger partial charge in [-0.1, -0.05) is 20.8 Å². The predicted molar refractivity (Wildman–Crippen MR) is 73.2 cm³/mol. The number of anilines is 2. The summed E-state index contributed by atoms with van der Waals surface area (Å²) in [7, 11) is 0. The van der Waals surface area contributed by atoms with Crippen LogP contribution in [0.1, 0.15) is 33.0 Å². The highest BCUT2D eigenvalue weighted by Crippen LogP contribution is 2.12. The van der Waals surface area contributed by atoms with Crippen LogP contribution in [0.25, 0.3) is 0 Å². The molecule has 0 bridgehead atoms. The average molecular weight is 253 g/mol. The molecular weight excluding hydrogens is 230 g/mol. The lowest BCUT2D eigenvalue weighted by Gasteiger charge is -2.16. The molecule has 18 heavy (non-hydrogen) atoms. The number of nitrogen functional groups attached to an aromatic ring is 1. The average Bonchev–Trinajstić information content (AvgIpc) is 2.35. The van der Waals surface area contributed by atoms with E-state index in [-0.39, 0.29) is 5.92 Å². The van der Waals surface area contributed by atoms with Crippen molar-refractivity contribution in [1.82, 2.24) is 9.97 Å². The van der Waals surface area contributed by atoms with Crippen LogP contribution in [-0.2, 0) is 6.42 Å². The Morgan fingerprint density at radius 1 is 1.33 bits per heavy atom. The van der Waals surface area contributed by atoms with E-state index in [2.05, 4.69) is 27.6 Å². The number of hydrogen-bond donors (Lipinski definition) is 4. The predicted octanol–water partition coefficient (Wildman–Crippen LogP) is 1.14. The van der Waals surface area contributed by atoms with Gasteiger partial charge >= 0.3 is 0 Å². The second kappa shape index (κ2) is 7.13. The van der Waals surface area contributed by atoms with Gasteiger partial charge in [0.1, 0.15) is 17.5 Å². The largest absolute Gasteiger partial charge is 0.391 e. The molecule has 0 radical (unpaired) electrons. The molecule has 0 fully saturated rings. The molecule has 1 aromatic heterocycles. The number of nitrogens with zero attached hydrogens (tertiary/aromatic N) is 2. The number of hydrogen-bond acceptors (Lipinski definition) is 6. The van der Waals surface area contributed by atoms with Crippen LogP contribution < -0.4 is 16.6 Å². The smallest absolute Gasteiger partial charge is 0.145 e. The Morgan fingerprint density at radius 3 is 2.56 bits per heavy atom. The Kier molecular flexibility index (Phi) is 5.80. The van der Waals surface area contributed by atoms with Gasteiger partial charge in [-0.2, -0.15) is 0 Å². The number of nitrogens with one attached hydrogen (secondary N) is 2. The second-order valence-corrected chi connectivity index (χ2v) is 4.64. The van der Waals surface area contributed by atoms with Gasteiger partial charge in [0.25, 0.3) is 0 Å². The van der Waals surface area contributed by atoms with Gasteiger partial charge in [-0.3, -0.25) is 0 Å². The van der Waals surface area contributed by atoms with Crippen molar-refractivity contribution in [3.8, 4) is 0 Å². The molecule has 1 unspecified atom stereocenters. The summed E-state index contributed by atoms with van der Waals surface area (Å²) < 4.78 is 0. The summed E-state index contributed by atoms with van der Waals surface area (Å²) in [5.41, 5.74) is 2.52. The summed E-state index contributed by atoms with van der Waals surface area (Å²) in [6.07, 6.45) is 1.38. The normalized spacial score (nSPS) is 12.6. The monoisotopic (exact) mass is 253 g/mol. The van der Waals surface area contributed by atoms with Crippen molar-refractivity contribution in [3.63, 3.8) is 0 Å². The Bertz CT molecular complexity index is 369. The Hall–Kier alpha value is -1.40. The van der Waals surface area contributed by atoms with Gasteiger partial charge < -0.3 is 15.8 Å². The maximum atomic E-state index is 9.74. The van der Waals surface area contributed by atoms with Crippen molar-refractivity contribution in [2.45, 2.75) is 39.7 Å². The van der Waals surface area contributed by atoms with E-state index in [1.54, 1.807) is 6.07 Å². The van der Waals surface area contributed by atoms with Crippen molar-refractivity contribution in [3.05, 3.63) is 11.9 Å². The lowest BCUT2D eigenvalue weighted by atomic mass is 10.1. The molecule has 0 aliphatic carbocycles. The van der Waals surface area contributed by atoms with Gasteiger partial charge in [0.05, 0.1) is 6.10 Å². The van der Waals surface area contributed by atoms with E-state index >= 15 is 0 Å². The van der Waals surface area contributed by atoms with Gasteiger partial charge in [0.15, 0.2) is 0 Å². The first kappa shape index (κ1) is 14.7. The van der Waals surface area contributed by atoms with E-state index < -0.39 is 6.10 Å². The molecule has 0 aromatic carbocycles. The van der Waals surface area contributed by atoms with Gasteiger partial charge in [-0.15, -0.1) is 0 Å². The lowest BCUT2D eigenvalue weighted by molar-refractivity contribution is 0.138. The zero-order chi connectivity index (χ0) is 13.5. The highest BCUT2D eigenvalue weighted by molar-refractivity contribution is 5.46. The first-order chi connectivity index (χ1) is 8.56. The highest BCUT2D eigenvalue weighted by Gasteiger charge is 2.10. The van der Waals surface area contributed by atoms with Crippen LogP contribution >= 0.6 is 0 Å². The van der Waals surface area contributed by atoms with Gasteiger partial charge in [0.2, 0.25) is 0 Å². The molecule has 0 amide bonds. The van der Waals surface area contributed by atoms with Gasteiger partial charge in [-0.05, 0) is 12.3 Å². The fourth-order valence-electron chi connectivity index (χ4n) is 1.44. The van der Waals surface area contributed by atoms with Gasteiger partial charge in [0, 0.05) is 19.0 Å². The van der Waals surface area contributed by atoms with Crippen LogP contribution in [0.3, 0.4) is 0 Å². The quantitative estimate of drug-likeness (QED) is 0.430. The summed E-state index contributed by atoms with van der Waals surface area (Å²) in [5.74, 6) is 7.59. The van der Waals surface area contributed by atoms with Crippen LogP contribution in [0, 0.1) is 5.92 Å². The highest BCUT2D eigenvalue weighted by atomic mass is 16.3. The molecule has 1 aromatic rings. The zero-order valence-electron chi connectivity index (χ0n) is 11.3. The summed E-state index contributed by atoms with van der Waals surface area (Å²) in [4.78, 5) is 8.63. The zero-order valence-corrected chi connectivity index (χ0v) is 11.3. The van der Waals surface area contributed by atoms with E-state index in [9.17, 15) is 5.11 Å². The number of hydrazine groups is 1. The molecule has 102 valence electrons. The van der Waals surface area contributed by atoms with Crippen LogP contribution in [0.4, 0.5) is 11.6 Å². The SMILES string of the molecule is CCCc1nc(NN)cc(NCC(O)C(C)C)n1. The molecule has 1 heterocycles. The summed E-state index contributed by atoms with van der Waals surface area (Å²) in [6.45, 7) is 6.48. The molecule has 6 heteroatoms. The Morgan fingerprint density at radius 2 is 2.00 bits per heavy atom. The maximum Gasteiger partial charge on any atom is 0.145 e. The van der Waals surface area contributed by atoms with E-state index in [0.29, 0.717) is 18.2 Å². The third-order valence-corrected chi connectivity index (χ3v) is 2.66. The summed E-state index contributed by atoms with van der Waals surface area (Å²) in [5, 5.41) is 12.8. The van der Waals surface area contributed by atoms with Crippen molar-refractivity contribution in [1.29, 1.82) is 0 Å². The van der Waals surface area contributed by atoms with Crippen LogP contribution in [-0.4, -0.2) is 27.7 Å². The number of nitrogens with two attached hydrogens (primary N) is 1. The molecule has 0 spiro atoms. The number of aromatic nitrogens is 2. The van der Waals surface area contributed by atoms with E-state index in [4.69, 9.17) is 5.84 Å². The molecule has 1 atom stereocenters. The standard InChI is InChI=1S/C12H23N5O/c1-4-5-10-15-11(6-12(16-10)17-13)14-7-9(18)8(2)3/h6,8-9,18H,4-5,7,13H2,1-3H3,(H2,14,15,16,17). The molecular formula is C12H23N5O. The number of aliphatic hydroxyl groups is 1. The third-order valence-electron chi connectivity index (χ3n) is 2.66. The van der Waals surface area contributed by atoms with Crippen LogP contribution in [0.5, 0.6) is 0 Å². The fraction of sp³-hybridized carbons (Fsp3) is 0.667. The first-order valence-electron chi connectivity index (χ1n) is 6.33. The molecule has 5 N–H and O–H groups in total. The minimum absolute atomic E-state index is 0.210. The molecule has 0 aliphatic heterocycles. The van der Waals surface area contributed by atoms with E-state index in [0.717, 1.165) is 18.7 Å².